The number of hydrogen-bond acceptors (Lipinski definition) is 5. The second-order valence-electron chi connectivity index (χ2n) is 7.92. The maximum atomic E-state index is 14.2. The Morgan fingerprint density at radius 1 is 0.970 bits per heavy atom. The van der Waals surface area contributed by atoms with Crippen LogP contribution >= 0.6 is 11.8 Å². The summed E-state index contributed by atoms with van der Waals surface area (Å²) < 4.78 is 21.5. The quantitative estimate of drug-likeness (QED) is 0.375. The van der Waals surface area contributed by atoms with E-state index in [0.717, 1.165) is 22.9 Å². The number of rotatable bonds is 3. The smallest absolute Gasteiger partial charge is 0.354 e. The van der Waals surface area contributed by atoms with Crippen LogP contribution in [0.3, 0.4) is 0 Å². The van der Waals surface area contributed by atoms with Crippen LogP contribution in [0.1, 0.15) is 17.2 Å². The molecule has 0 aliphatic carbocycles. The van der Waals surface area contributed by atoms with E-state index in [9.17, 15) is 19.1 Å². The second-order valence-corrected chi connectivity index (χ2v) is 8.98. The fourth-order valence-electron chi connectivity index (χ4n) is 4.61. The van der Waals surface area contributed by atoms with Crippen molar-refractivity contribution in [1.82, 2.24) is 4.57 Å². The zero-order chi connectivity index (χ0) is 22.7. The third-order valence-corrected chi connectivity index (χ3v) is 7.17. The minimum Gasteiger partial charge on any atom is -0.505 e. The molecule has 1 aliphatic rings. The molecule has 2 aromatic heterocycles. The molecule has 0 radical (unpaired) electrons. The van der Waals surface area contributed by atoms with Crippen LogP contribution in [-0.4, -0.2) is 9.67 Å². The molecule has 162 valence electrons. The van der Waals surface area contributed by atoms with Gasteiger partial charge in [-0.15, -0.1) is 0 Å². The molecule has 0 fully saturated rings. The van der Waals surface area contributed by atoms with Crippen LogP contribution in [0.2, 0.25) is 0 Å². The zero-order valence-corrected chi connectivity index (χ0v) is 17.9. The lowest BCUT2D eigenvalue weighted by Crippen LogP contribution is -2.24. The Morgan fingerprint density at radius 2 is 1.73 bits per heavy atom. The molecule has 0 amide bonds. The van der Waals surface area contributed by atoms with E-state index >= 15 is 0 Å². The minimum absolute atomic E-state index is 0.0437. The Kier molecular flexibility index (Phi) is 4.41. The maximum absolute atomic E-state index is 14.2. The molecule has 3 aromatic carbocycles. The van der Waals surface area contributed by atoms with Crippen LogP contribution in [0, 0.1) is 5.82 Å². The van der Waals surface area contributed by atoms with Crippen LogP contribution in [-0.2, 0) is 6.42 Å². The van der Waals surface area contributed by atoms with Crippen molar-refractivity contribution in [3.05, 3.63) is 111 Å². The fraction of sp³-hybridized carbons (Fsp3) is 0.0769. The lowest BCUT2D eigenvalue weighted by molar-refractivity contribution is 0.446. The Morgan fingerprint density at radius 3 is 2.52 bits per heavy atom. The van der Waals surface area contributed by atoms with Crippen LogP contribution in [0.25, 0.3) is 21.9 Å². The molecule has 7 heteroatoms. The number of aromatic hydroxyl groups is 1. The van der Waals surface area contributed by atoms with Crippen molar-refractivity contribution in [2.45, 2.75) is 22.3 Å². The number of fused-ring (bicyclic) bond motifs is 2. The van der Waals surface area contributed by atoms with Gasteiger partial charge in [0.15, 0.2) is 11.3 Å². The average Bonchev–Trinajstić information content (AvgIpc) is 3.22. The summed E-state index contributed by atoms with van der Waals surface area (Å²) >= 11 is 0.741. The number of pyridine rings is 1. The van der Waals surface area contributed by atoms with E-state index in [4.69, 9.17) is 4.42 Å². The topological polar surface area (TPSA) is 72.4 Å². The van der Waals surface area contributed by atoms with E-state index < -0.39 is 22.8 Å². The summed E-state index contributed by atoms with van der Waals surface area (Å²) in [5.41, 5.74) is 1.40. The third kappa shape index (κ3) is 2.93. The predicted molar refractivity (Wildman–Crippen MR) is 125 cm³/mol. The van der Waals surface area contributed by atoms with E-state index in [0.29, 0.717) is 17.3 Å². The average molecular weight is 457 g/mol. The largest absolute Gasteiger partial charge is 0.505 e. The molecular weight excluding hydrogens is 441 g/mol. The number of halogens is 1. The number of aromatic nitrogens is 1. The Hall–Kier alpha value is -3.84. The van der Waals surface area contributed by atoms with E-state index in [-0.39, 0.29) is 26.8 Å². The van der Waals surface area contributed by atoms with Gasteiger partial charge in [-0.1, -0.05) is 66.4 Å². The summed E-state index contributed by atoms with van der Waals surface area (Å²) in [5, 5.41) is 11.6. The molecule has 0 saturated carbocycles. The molecule has 33 heavy (non-hydrogen) atoms. The van der Waals surface area contributed by atoms with Gasteiger partial charge in [-0.3, -0.25) is 9.36 Å². The van der Waals surface area contributed by atoms with Crippen molar-refractivity contribution in [3.8, 4) is 5.75 Å². The van der Waals surface area contributed by atoms with Crippen LogP contribution in [0.15, 0.2) is 96.6 Å². The number of para-hydroxylation sites is 1. The van der Waals surface area contributed by atoms with Crippen LogP contribution in [0.4, 0.5) is 4.39 Å². The first-order valence-electron chi connectivity index (χ1n) is 10.4. The van der Waals surface area contributed by atoms with Gasteiger partial charge < -0.3 is 9.52 Å². The van der Waals surface area contributed by atoms with Crippen molar-refractivity contribution in [1.29, 1.82) is 0 Å². The van der Waals surface area contributed by atoms with E-state index in [1.807, 2.05) is 42.5 Å². The van der Waals surface area contributed by atoms with Crippen molar-refractivity contribution in [2.24, 2.45) is 0 Å². The first-order chi connectivity index (χ1) is 16.0. The number of nitrogens with zero attached hydrogens (tertiary/aromatic N) is 1. The molecule has 5 aromatic rings. The molecule has 0 saturated heterocycles. The van der Waals surface area contributed by atoms with Gasteiger partial charge in [-0.25, -0.2) is 9.18 Å². The molecule has 6 rings (SSSR count). The summed E-state index contributed by atoms with van der Waals surface area (Å²) in [5.74, 6) is -1.03. The standard InChI is InChI=1S/C26H16FNO4S/c27-17-11-4-5-12-19(17)33-24-22(29)20-23(32-26(24)31)16-10-6-9-15-13-18(14-7-2-1-3-8-14)28(21(15)16)25(20)30/h1-12,18,29H,13H2. The molecule has 1 aliphatic heterocycles. The Labute approximate surface area is 190 Å². The monoisotopic (exact) mass is 457 g/mol. The maximum Gasteiger partial charge on any atom is 0.354 e. The summed E-state index contributed by atoms with van der Waals surface area (Å²) in [4.78, 5) is 26.5. The highest BCUT2D eigenvalue weighted by Crippen LogP contribution is 2.41. The molecule has 3 heterocycles. The Balaban J connectivity index is 1.67. The van der Waals surface area contributed by atoms with E-state index in [1.165, 1.54) is 18.2 Å². The van der Waals surface area contributed by atoms with E-state index in [1.54, 1.807) is 16.7 Å². The van der Waals surface area contributed by atoms with Gasteiger partial charge in [-0.05, 0) is 35.7 Å². The first-order valence-corrected chi connectivity index (χ1v) is 11.2. The SMILES string of the molecule is O=c1oc2c(c(O)c1Sc1ccccc1F)c(=O)n1c3c(cccc23)CC1c1ccccc1. The van der Waals surface area contributed by atoms with Crippen molar-refractivity contribution in [3.63, 3.8) is 0 Å². The van der Waals surface area contributed by atoms with Gasteiger partial charge in [-0.2, -0.15) is 0 Å². The second kappa shape index (κ2) is 7.35. The van der Waals surface area contributed by atoms with Crippen LogP contribution < -0.4 is 11.2 Å². The van der Waals surface area contributed by atoms with Gasteiger partial charge >= 0.3 is 5.63 Å². The van der Waals surface area contributed by atoms with E-state index in [2.05, 4.69) is 0 Å². The third-order valence-electron chi connectivity index (χ3n) is 6.05. The van der Waals surface area contributed by atoms with Gasteiger partial charge in [0.2, 0.25) is 0 Å². The molecule has 1 unspecified atom stereocenters. The highest BCUT2D eigenvalue weighted by molar-refractivity contribution is 7.99. The molecule has 1 N–H and O–H groups in total. The number of benzene rings is 3. The van der Waals surface area contributed by atoms with Gasteiger partial charge in [0, 0.05) is 10.3 Å². The summed E-state index contributed by atoms with van der Waals surface area (Å²) in [7, 11) is 0. The zero-order valence-electron chi connectivity index (χ0n) is 17.1. The van der Waals surface area contributed by atoms with Crippen molar-refractivity contribution < 1.29 is 13.9 Å². The highest BCUT2D eigenvalue weighted by Gasteiger charge is 2.31. The molecule has 0 spiro atoms. The van der Waals surface area contributed by atoms with Crippen molar-refractivity contribution in [2.75, 3.05) is 0 Å². The van der Waals surface area contributed by atoms with Gasteiger partial charge in [0.1, 0.15) is 16.1 Å². The Bertz CT molecular complexity index is 1690. The fourth-order valence-corrected chi connectivity index (χ4v) is 5.46. The normalized spacial score (nSPS) is 14.9. The summed E-state index contributed by atoms with van der Waals surface area (Å²) in [6.07, 6.45) is 0.606. The summed E-state index contributed by atoms with van der Waals surface area (Å²) in [6, 6.07) is 20.9. The molecule has 5 nitrogen and oxygen atoms in total. The van der Waals surface area contributed by atoms with Gasteiger partial charge in [0.25, 0.3) is 5.56 Å². The van der Waals surface area contributed by atoms with Crippen LogP contribution in [0.5, 0.6) is 5.75 Å². The highest BCUT2D eigenvalue weighted by atomic mass is 32.2. The molecule has 0 bridgehead atoms. The minimum atomic E-state index is -0.823. The lowest BCUT2D eigenvalue weighted by Gasteiger charge is -2.16. The molecular formula is C26H16FNO4S. The first kappa shape index (κ1) is 19.8. The number of hydrogen-bond donors (Lipinski definition) is 1. The molecule has 1 atom stereocenters. The lowest BCUT2D eigenvalue weighted by atomic mass is 10.0. The van der Waals surface area contributed by atoms with Crippen molar-refractivity contribution >= 4 is 33.6 Å². The predicted octanol–water partition coefficient (Wildman–Crippen LogP) is 5.25. The summed E-state index contributed by atoms with van der Waals surface area (Å²) in [6.45, 7) is 0. The van der Waals surface area contributed by atoms with Gasteiger partial charge in [0.05, 0.1) is 11.6 Å².